The number of hydrogen-bond acceptors (Lipinski definition) is 12. The average Bonchev–Trinajstić information content (AvgIpc) is 2.90. The molecule has 1 unspecified atom stereocenters. The third-order valence-corrected chi connectivity index (χ3v) is 6.47. The number of hydrazine groups is 1. The first-order chi connectivity index (χ1) is 19.3. The second-order valence-corrected chi connectivity index (χ2v) is 10.4. The number of nitrogens with one attached hydrogen (secondary N) is 4. The fourth-order valence-corrected chi connectivity index (χ4v) is 4.03. The summed E-state index contributed by atoms with van der Waals surface area (Å²) in [4.78, 5) is 23.1. The van der Waals surface area contributed by atoms with Gasteiger partial charge in [-0.15, -0.1) is 0 Å². The minimum Gasteiger partial charge on any atom is -0.385 e. The van der Waals surface area contributed by atoms with Crippen molar-refractivity contribution in [3.8, 4) is 0 Å². The van der Waals surface area contributed by atoms with E-state index in [9.17, 15) is 18.0 Å². The number of carbonyl (C=O) groups excluding carboxylic acids is 2. The Kier molecular flexibility index (Phi) is 20.3. The van der Waals surface area contributed by atoms with E-state index in [1.165, 1.54) is 0 Å². The zero-order valence-corrected chi connectivity index (χ0v) is 24.2. The number of hydrogen-bond donors (Lipinski definition) is 6. The van der Waals surface area contributed by atoms with Crippen LogP contribution in [0.15, 0.2) is 11.4 Å². The molecular weight excluding hydrogens is 550 g/mol. The Balaban J connectivity index is 2.04. The zero-order chi connectivity index (χ0) is 29.5. The van der Waals surface area contributed by atoms with Gasteiger partial charge in [0.1, 0.15) is 12.7 Å². The van der Waals surface area contributed by atoms with Gasteiger partial charge in [-0.1, -0.05) is 12.8 Å². The summed E-state index contributed by atoms with van der Waals surface area (Å²) in [6.45, 7) is 3.43. The molecule has 0 aromatic carbocycles. The molecule has 0 aromatic heterocycles. The first-order valence-electron chi connectivity index (χ1n) is 13.5. The highest BCUT2D eigenvalue weighted by atomic mass is 32.2. The SMILES string of the molecule is CNC(=O)COC1CCCCCC(NCCOCCOCCOCCOCCC(=O)NCCS(=O)(=O)O)=C1NN. The van der Waals surface area contributed by atoms with E-state index in [0.29, 0.717) is 52.8 Å². The van der Waals surface area contributed by atoms with Gasteiger partial charge in [-0.3, -0.25) is 20.0 Å². The van der Waals surface area contributed by atoms with E-state index in [1.54, 1.807) is 7.05 Å². The van der Waals surface area contributed by atoms with Crippen LogP contribution in [0.25, 0.3) is 0 Å². The summed E-state index contributed by atoms with van der Waals surface area (Å²) in [5.41, 5.74) is 4.52. The predicted molar refractivity (Wildman–Crippen MR) is 147 cm³/mol. The van der Waals surface area contributed by atoms with Gasteiger partial charge in [-0.2, -0.15) is 8.42 Å². The molecule has 0 spiro atoms. The molecule has 1 rings (SSSR count). The van der Waals surface area contributed by atoms with Gasteiger partial charge in [-0.25, -0.2) is 0 Å². The normalized spacial score (nSPS) is 16.2. The third-order valence-electron chi connectivity index (χ3n) is 5.75. The number of likely N-dealkylation sites (N-methyl/N-ethyl adjacent to an activating group) is 1. The van der Waals surface area contributed by atoms with E-state index in [-0.39, 0.29) is 44.1 Å². The smallest absolute Gasteiger partial charge is 0.266 e. The molecule has 234 valence electrons. The van der Waals surface area contributed by atoms with Crippen LogP contribution in [0.4, 0.5) is 0 Å². The maximum Gasteiger partial charge on any atom is 0.266 e. The molecule has 1 atom stereocenters. The molecule has 0 saturated carbocycles. The summed E-state index contributed by atoms with van der Waals surface area (Å²) in [6.07, 6.45) is 4.56. The fourth-order valence-electron chi connectivity index (χ4n) is 3.67. The highest BCUT2D eigenvalue weighted by Crippen LogP contribution is 2.22. The minimum absolute atomic E-state index is 0.0204. The predicted octanol–water partition coefficient (Wildman–Crippen LogP) is -1.19. The maximum atomic E-state index is 11.6. The highest BCUT2D eigenvalue weighted by Gasteiger charge is 2.21. The van der Waals surface area contributed by atoms with E-state index >= 15 is 0 Å². The molecule has 0 aromatic rings. The Morgan fingerprint density at radius 1 is 0.900 bits per heavy atom. The molecule has 0 bridgehead atoms. The van der Waals surface area contributed by atoms with E-state index < -0.39 is 15.9 Å². The molecule has 0 aliphatic heterocycles. The van der Waals surface area contributed by atoms with Crippen molar-refractivity contribution < 1.29 is 46.2 Å². The first kappa shape index (κ1) is 36.0. The van der Waals surface area contributed by atoms with E-state index in [1.807, 2.05) is 0 Å². The van der Waals surface area contributed by atoms with Gasteiger partial charge in [0.05, 0.1) is 64.3 Å². The van der Waals surface area contributed by atoms with Crippen molar-refractivity contribution in [2.24, 2.45) is 5.84 Å². The summed E-state index contributed by atoms with van der Waals surface area (Å²) < 4.78 is 57.3. The van der Waals surface area contributed by atoms with Crippen LogP contribution >= 0.6 is 0 Å². The number of rotatable bonds is 23. The van der Waals surface area contributed by atoms with Crippen LogP contribution < -0.4 is 27.2 Å². The second kappa shape index (κ2) is 22.6. The molecule has 7 N–H and O–H groups in total. The molecule has 0 heterocycles. The summed E-state index contributed by atoms with van der Waals surface area (Å²) in [7, 11) is -2.51. The Morgan fingerprint density at radius 3 is 2.12 bits per heavy atom. The minimum atomic E-state index is -4.09. The van der Waals surface area contributed by atoms with Crippen molar-refractivity contribution >= 4 is 21.9 Å². The maximum absolute atomic E-state index is 11.6. The van der Waals surface area contributed by atoms with E-state index in [4.69, 9.17) is 34.1 Å². The van der Waals surface area contributed by atoms with Gasteiger partial charge in [-0.05, 0) is 19.3 Å². The van der Waals surface area contributed by atoms with Gasteiger partial charge in [0, 0.05) is 32.3 Å². The molecule has 40 heavy (non-hydrogen) atoms. The monoisotopic (exact) mass is 597 g/mol. The van der Waals surface area contributed by atoms with Crippen molar-refractivity contribution in [1.82, 2.24) is 21.4 Å². The van der Waals surface area contributed by atoms with Crippen molar-refractivity contribution in [3.63, 3.8) is 0 Å². The number of ether oxygens (including phenoxy) is 5. The summed E-state index contributed by atoms with van der Waals surface area (Å²) >= 11 is 0. The van der Waals surface area contributed by atoms with Gasteiger partial charge in [0.15, 0.2) is 0 Å². The van der Waals surface area contributed by atoms with Gasteiger partial charge in [0.2, 0.25) is 11.8 Å². The van der Waals surface area contributed by atoms with Crippen LogP contribution in [-0.4, -0.2) is 116 Å². The summed E-state index contributed by atoms with van der Waals surface area (Å²) in [5.74, 6) is 4.74. The molecule has 0 saturated heterocycles. The summed E-state index contributed by atoms with van der Waals surface area (Å²) in [5, 5.41) is 8.32. The highest BCUT2D eigenvalue weighted by molar-refractivity contribution is 7.85. The first-order valence-corrected chi connectivity index (χ1v) is 15.2. The molecular formula is C24H47N5O10S. The number of nitrogens with two attached hydrogens (primary N) is 1. The lowest BCUT2D eigenvalue weighted by molar-refractivity contribution is -0.126. The Bertz CT molecular complexity index is 844. The lowest BCUT2D eigenvalue weighted by Crippen LogP contribution is -2.38. The van der Waals surface area contributed by atoms with Crippen molar-refractivity contribution in [2.75, 3.05) is 85.4 Å². The fraction of sp³-hybridized carbons (Fsp3) is 0.833. The van der Waals surface area contributed by atoms with E-state index in [2.05, 4.69) is 21.4 Å². The van der Waals surface area contributed by atoms with E-state index in [0.717, 1.165) is 43.5 Å². The Labute approximate surface area is 236 Å². The second-order valence-electron chi connectivity index (χ2n) is 8.87. The zero-order valence-electron chi connectivity index (χ0n) is 23.4. The Morgan fingerprint density at radius 2 is 1.52 bits per heavy atom. The third kappa shape index (κ3) is 19.1. The van der Waals surface area contributed by atoms with Crippen LogP contribution in [0, 0.1) is 0 Å². The largest absolute Gasteiger partial charge is 0.385 e. The van der Waals surface area contributed by atoms with Crippen molar-refractivity contribution in [2.45, 2.75) is 44.6 Å². The number of allylic oxidation sites excluding steroid dienone is 1. The topological polar surface area (TPSA) is 209 Å². The van der Waals surface area contributed by atoms with Gasteiger partial charge in [0.25, 0.3) is 10.1 Å². The van der Waals surface area contributed by atoms with Crippen LogP contribution in [0.1, 0.15) is 38.5 Å². The molecule has 1 aliphatic carbocycles. The van der Waals surface area contributed by atoms with Gasteiger partial charge >= 0.3 is 0 Å². The molecule has 0 fully saturated rings. The lowest BCUT2D eigenvalue weighted by Gasteiger charge is -2.26. The van der Waals surface area contributed by atoms with Crippen LogP contribution in [-0.2, 0) is 43.4 Å². The van der Waals surface area contributed by atoms with Crippen LogP contribution in [0.3, 0.4) is 0 Å². The van der Waals surface area contributed by atoms with Crippen LogP contribution in [0.2, 0.25) is 0 Å². The van der Waals surface area contributed by atoms with Crippen molar-refractivity contribution in [1.29, 1.82) is 0 Å². The Hall–Kier alpha value is -2.05. The average molecular weight is 598 g/mol. The molecule has 2 amide bonds. The molecule has 15 nitrogen and oxygen atoms in total. The molecule has 1 aliphatic rings. The molecule has 0 radical (unpaired) electrons. The van der Waals surface area contributed by atoms with Gasteiger partial charge < -0.3 is 45.1 Å². The lowest BCUT2D eigenvalue weighted by atomic mass is 9.99. The quantitative estimate of drug-likeness (QED) is 0.0355. The standard InChI is InChI=1S/C24H47N5O10S/c1-26-23(31)19-39-21-6-4-2-3-5-20(24(21)29-25)27-8-11-36-13-15-38-17-16-37-14-12-35-10-7-22(30)28-9-18-40(32,33)34/h21,27,29H,2-19,25H2,1H3,(H,26,31)(H,28,30)(H,32,33,34). The molecule has 16 heteroatoms. The number of carbonyl (C=O) groups is 2. The van der Waals surface area contributed by atoms with Crippen LogP contribution in [0.5, 0.6) is 0 Å². The number of amides is 2. The van der Waals surface area contributed by atoms with Crippen molar-refractivity contribution in [3.05, 3.63) is 11.4 Å². The summed E-state index contributed by atoms with van der Waals surface area (Å²) in [6, 6.07) is 0.